The van der Waals surface area contributed by atoms with E-state index in [1.54, 1.807) is 0 Å². The van der Waals surface area contributed by atoms with E-state index < -0.39 is 9.84 Å². The van der Waals surface area contributed by atoms with E-state index in [0.29, 0.717) is 53.8 Å². The average molecular weight is 591 g/mol. The van der Waals surface area contributed by atoms with Crippen molar-refractivity contribution < 1.29 is 23.4 Å². The van der Waals surface area contributed by atoms with Crippen molar-refractivity contribution in [2.75, 3.05) is 5.75 Å². The molecule has 6 fully saturated rings. The Bertz CT molecular complexity index is 1090. The van der Waals surface area contributed by atoms with Crippen molar-refractivity contribution in [3.8, 4) is 0 Å². The second kappa shape index (κ2) is 11.2. The summed E-state index contributed by atoms with van der Waals surface area (Å²) in [5.41, 5.74) is 0.458. The summed E-state index contributed by atoms with van der Waals surface area (Å²) in [4.78, 5) is 12.8. The zero-order valence-corrected chi connectivity index (χ0v) is 27.1. The molecule has 6 aliphatic carbocycles. The number of aliphatic hydroxyl groups is 2. The molecule has 14 atom stereocenters. The van der Waals surface area contributed by atoms with E-state index in [2.05, 4.69) is 27.7 Å². The second-order valence-electron chi connectivity index (χ2n) is 16.6. The lowest BCUT2D eigenvalue weighted by Crippen LogP contribution is -2.62. The van der Waals surface area contributed by atoms with Gasteiger partial charge in [0, 0.05) is 6.42 Å². The molecule has 3 unspecified atom stereocenters. The smallest absolute Gasteiger partial charge is 0.160 e. The van der Waals surface area contributed by atoms with Crippen LogP contribution in [0.15, 0.2) is 0 Å². The minimum Gasteiger partial charge on any atom is -0.393 e. The maximum Gasteiger partial charge on any atom is 0.160 e. The monoisotopic (exact) mass is 590 g/mol. The number of Topliss-reactive ketones (excluding diaryl/α,β-unsaturated/α-hetero) is 1. The highest BCUT2D eigenvalue weighted by Crippen LogP contribution is 2.69. The molecular formula is C35H58O5S. The SMILES string of the molecule is CC[C@H]1[C@@H](O)[C@@H]2[C@H](CC[C@]3(C)[C@@H]([C@H](C)CCCC(=O)CS(=O)(=O)C4CC5CCC4C5)CC[C@@H]23)[C@@]2(C)CC[C@@H](O)C[C@@H]12. The molecule has 6 saturated carbocycles. The van der Waals surface area contributed by atoms with Crippen LogP contribution in [0.1, 0.15) is 124 Å². The van der Waals surface area contributed by atoms with Crippen LogP contribution >= 0.6 is 0 Å². The normalized spacial score (nSPS) is 49.8. The van der Waals surface area contributed by atoms with Crippen LogP contribution in [-0.2, 0) is 14.6 Å². The number of carbonyl (C=O) groups is 1. The molecule has 0 aromatic heterocycles. The third-order valence-electron chi connectivity index (χ3n) is 14.8. The van der Waals surface area contributed by atoms with Gasteiger partial charge in [-0.05, 0) is 135 Å². The Hall–Kier alpha value is -0.460. The predicted molar refractivity (Wildman–Crippen MR) is 163 cm³/mol. The fraction of sp³-hybridized carbons (Fsp3) is 0.971. The quantitative estimate of drug-likeness (QED) is 0.316. The van der Waals surface area contributed by atoms with Crippen LogP contribution in [0.2, 0.25) is 0 Å². The van der Waals surface area contributed by atoms with Crippen LogP contribution in [0.4, 0.5) is 0 Å². The van der Waals surface area contributed by atoms with E-state index in [1.807, 2.05) is 0 Å². The summed E-state index contributed by atoms with van der Waals surface area (Å²) in [6, 6.07) is 0. The minimum absolute atomic E-state index is 0.0766. The van der Waals surface area contributed by atoms with Gasteiger partial charge in [-0.1, -0.05) is 47.0 Å². The maximum absolute atomic E-state index is 13.0. The van der Waals surface area contributed by atoms with E-state index in [4.69, 9.17) is 0 Å². The van der Waals surface area contributed by atoms with Gasteiger partial charge < -0.3 is 10.2 Å². The number of ketones is 1. The number of hydrogen-bond acceptors (Lipinski definition) is 5. The zero-order chi connectivity index (χ0) is 29.3. The molecule has 0 spiro atoms. The molecular weight excluding hydrogens is 532 g/mol. The standard InChI is InChI=1S/C35H58O5S/c1-5-26-30-19-24(36)13-15-35(30,4)29-14-16-34(3)27(11-12-28(34)32(29)33(26)38)21(2)7-6-8-25(37)20-41(39,40)31-18-22-9-10-23(31)17-22/h21-24,26-33,36,38H,5-20H2,1-4H3/t21-,22?,23?,24-,26-,27-,28+,29+,30+,31?,32+,33-,34-,35-/m1/s1. The van der Waals surface area contributed by atoms with Crippen molar-refractivity contribution in [2.45, 2.75) is 141 Å². The van der Waals surface area contributed by atoms with E-state index in [0.717, 1.165) is 57.8 Å². The first-order chi connectivity index (χ1) is 19.4. The van der Waals surface area contributed by atoms with Gasteiger partial charge in [-0.2, -0.15) is 0 Å². The lowest BCUT2D eigenvalue weighted by molar-refractivity contribution is -0.203. The summed E-state index contributed by atoms with van der Waals surface area (Å²) in [6.07, 6.45) is 14.4. The highest BCUT2D eigenvalue weighted by molar-refractivity contribution is 7.92. The van der Waals surface area contributed by atoms with Gasteiger partial charge in [0.1, 0.15) is 11.5 Å². The summed E-state index contributed by atoms with van der Waals surface area (Å²) in [5, 5.41) is 22.2. The Balaban J connectivity index is 1.07. The molecule has 0 aromatic carbocycles. The summed E-state index contributed by atoms with van der Waals surface area (Å²) in [6.45, 7) is 9.62. The fourth-order valence-electron chi connectivity index (χ4n) is 12.8. The molecule has 0 amide bonds. The molecule has 0 aliphatic heterocycles. The Morgan fingerprint density at radius 1 is 0.902 bits per heavy atom. The molecule has 2 N–H and O–H groups in total. The van der Waals surface area contributed by atoms with E-state index >= 15 is 0 Å². The fourth-order valence-corrected chi connectivity index (χ4v) is 15.0. The second-order valence-corrected chi connectivity index (χ2v) is 18.8. The molecule has 0 radical (unpaired) electrons. The van der Waals surface area contributed by atoms with Crippen LogP contribution in [0.3, 0.4) is 0 Å². The molecule has 6 rings (SSSR count). The topological polar surface area (TPSA) is 91.7 Å². The van der Waals surface area contributed by atoms with E-state index in [1.165, 1.54) is 32.1 Å². The Morgan fingerprint density at radius 3 is 2.32 bits per heavy atom. The lowest BCUT2D eigenvalue weighted by Gasteiger charge is -2.64. The number of rotatable bonds is 9. The van der Waals surface area contributed by atoms with Gasteiger partial charge in [-0.3, -0.25) is 4.79 Å². The lowest BCUT2D eigenvalue weighted by atomic mass is 9.41. The summed E-state index contributed by atoms with van der Waals surface area (Å²) in [7, 11) is -3.31. The van der Waals surface area contributed by atoms with Crippen molar-refractivity contribution in [3.63, 3.8) is 0 Å². The van der Waals surface area contributed by atoms with Gasteiger partial charge in [0.25, 0.3) is 0 Å². The molecule has 234 valence electrons. The van der Waals surface area contributed by atoms with Crippen molar-refractivity contribution >= 4 is 15.6 Å². The molecule has 0 heterocycles. The van der Waals surface area contributed by atoms with Gasteiger partial charge in [0.05, 0.1) is 17.5 Å². The first-order valence-corrected chi connectivity index (χ1v) is 19.2. The number of fused-ring (bicyclic) bond motifs is 7. The van der Waals surface area contributed by atoms with E-state index in [9.17, 15) is 23.4 Å². The highest BCUT2D eigenvalue weighted by atomic mass is 32.2. The van der Waals surface area contributed by atoms with Crippen molar-refractivity contribution in [1.82, 2.24) is 0 Å². The third kappa shape index (κ3) is 5.10. The first-order valence-electron chi connectivity index (χ1n) is 17.5. The summed E-state index contributed by atoms with van der Waals surface area (Å²) < 4.78 is 26.0. The Labute approximate surface area is 249 Å². The van der Waals surface area contributed by atoms with Crippen molar-refractivity contribution in [2.24, 2.45) is 64.1 Å². The van der Waals surface area contributed by atoms with Crippen LogP contribution in [-0.4, -0.2) is 47.6 Å². The van der Waals surface area contributed by atoms with Crippen LogP contribution in [0, 0.1) is 64.1 Å². The predicted octanol–water partition coefficient (Wildman–Crippen LogP) is 6.59. The molecule has 6 aliphatic rings. The Kier molecular flexibility index (Phi) is 8.32. The summed E-state index contributed by atoms with van der Waals surface area (Å²) in [5.74, 6) is 3.86. The first kappa shape index (κ1) is 30.6. The molecule has 5 nitrogen and oxygen atoms in total. The minimum atomic E-state index is -3.31. The molecule has 2 bridgehead atoms. The van der Waals surface area contributed by atoms with Crippen molar-refractivity contribution in [1.29, 1.82) is 0 Å². The maximum atomic E-state index is 13.0. The summed E-state index contributed by atoms with van der Waals surface area (Å²) >= 11 is 0. The number of carbonyl (C=O) groups excluding carboxylic acids is 1. The Morgan fingerprint density at radius 2 is 1.63 bits per heavy atom. The molecule has 41 heavy (non-hydrogen) atoms. The zero-order valence-electron chi connectivity index (χ0n) is 26.3. The number of hydrogen-bond donors (Lipinski definition) is 2. The largest absolute Gasteiger partial charge is 0.393 e. The number of sulfone groups is 1. The highest BCUT2D eigenvalue weighted by Gasteiger charge is 2.64. The van der Waals surface area contributed by atoms with Crippen molar-refractivity contribution in [3.05, 3.63) is 0 Å². The average Bonchev–Trinajstić information content (AvgIpc) is 3.64. The van der Waals surface area contributed by atoms with E-state index in [-0.39, 0.29) is 45.7 Å². The van der Waals surface area contributed by atoms with Gasteiger partial charge in [-0.25, -0.2) is 8.42 Å². The van der Waals surface area contributed by atoms with Gasteiger partial charge in [-0.15, -0.1) is 0 Å². The van der Waals surface area contributed by atoms with Crippen LogP contribution in [0.25, 0.3) is 0 Å². The molecule has 0 aromatic rings. The van der Waals surface area contributed by atoms with Gasteiger partial charge >= 0.3 is 0 Å². The molecule has 6 heteroatoms. The van der Waals surface area contributed by atoms with Gasteiger partial charge in [0.15, 0.2) is 9.84 Å². The van der Waals surface area contributed by atoms with Crippen LogP contribution < -0.4 is 0 Å². The molecule has 0 saturated heterocycles. The van der Waals surface area contributed by atoms with Gasteiger partial charge in [0.2, 0.25) is 0 Å². The third-order valence-corrected chi connectivity index (χ3v) is 17.0. The number of aliphatic hydroxyl groups excluding tert-OH is 2. The van der Waals surface area contributed by atoms with Crippen LogP contribution in [0.5, 0.6) is 0 Å².